The first-order valence-electron chi connectivity index (χ1n) is 12.0. The molecule has 0 spiro atoms. The molecule has 2 aromatic carbocycles. The molecule has 2 heterocycles. The second kappa shape index (κ2) is 12.3. The number of anilines is 1. The van der Waals surface area contributed by atoms with E-state index >= 15 is 0 Å². The van der Waals surface area contributed by atoms with Gasteiger partial charge in [0.2, 0.25) is 5.91 Å². The maximum absolute atomic E-state index is 14.2. The van der Waals surface area contributed by atoms with Crippen LogP contribution in [-0.2, 0) is 21.9 Å². The van der Waals surface area contributed by atoms with Crippen molar-refractivity contribution in [2.24, 2.45) is 0 Å². The number of hydrogen-bond donors (Lipinski definition) is 1. The van der Waals surface area contributed by atoms with Crippen LogP contribution in [0.1, 0.15) is 29.5 Å². The monoisotopic (exact) mass is 576 g/mol. The van der Waals surface area contributed by atoms with E-state index in [2.05, 4.69) is 5.32 Å². The van der Waals surface area contributed by atoms with Crippen LogP contribution in [0.3, 0.4) is 0 Å². The summed E-state index contributed by atoms with van der Waals surface area (Å²) in [6, 6.07) is 8.91. The largest absolute Gasteiger partial charge is 0.418 e. The molecule has 0 atom stereocenters. The summed E-state index contributed by atoms with van der Waals surface area (Å²) in [4.78, 5) is 13.6. The summed E-state index contributed by atoms with van der Waals surface area (Å²) >= 11 is 2.49. The fourth-order valence-electron chi connectivity index (χ4n) is 4.31. The number of nitrogens with zero attached hydrogens (tertiary/aromatic N) is 1. The minimum atomic E-state index is -5.30. The van der Waals surface area contributed by atoms with Gasteiger partial charge in [-0.05, 0) is 60.3 Å². The summed E-state index contributed by atoms with van der Waals surface area (Å²) in [5.74, 6) is 1.44. The van der Waals surface area contributed by atoms with E-state index in [0.29, 0.717) is 22.3 Å². The van der Waals surface area contributed by atoms with Crippen molar-refractivity contribution in [3.05, 3.63) is 59.2 Å². The molecule has 0 saturated carbocycles. The second-order valence-corrected chi connectivity index (χ2v) is 11.2. The Kier molecular flexibility index (Phi) is 9.25. The molecule has 0 radical (unpaired) electrons. The SMILES string of the molecule is O=C(/C=C/c1ccc(Sc2cccc(NC3CCSCC3)c2)c(C(F)(F)F)c1C(F)(F)F)N1CCOCC1. The third-order valence-electron chi connectivity index (χ3n) is 6.15. The van der Waals surface area contributed by atoms with Crippen LogP contribution in [0.5, 0.6) is 0 Å². The zero-order valence-electron chi connectivity index (χ0n) is 20.2. The highest BCUT2D eigenvalue weighted by Crippen LogP contribution is 2.48. The van der Waals surface area contributed by atoms with Crippen molar-refractivity contribution in [2.45, 2.75) is 41.0 Å². The molecule has 2 aromatic rings. The fourth-order valence-corrected chi connectivity index (χ4v) is 6.46. The van der Waals surface area contributed by atoms with Gasteiger partial charge in [0, 0.05) is 40.7 Å². The molecule has 2 fully saturated rings. The quantitative estimate of drug-likeness (QED) is 0.295. The lowest BCUT2D eigenvalue weighted by atomic mass is 9.99. The molecule has 1 N–H and O–H groups in total. The molecule has 206 valence electrons. The molecular weight excluding hydrogens is 550 g/mol. The molecule has 0 unspecified atom stereocenters. The summed E-state index contributed by atoms with van der Waals surface area (Å²) < 4.78 is 89.9. The van der Waals surface area contributed by atoms with Crippen molar-refractivity contribution >= 4 is 41.2 Å². The summed E-state index contributed by atoms with van der Waals surface area (Å²) in [5.41, 5.74) is -3.59. The van der Waals surface area contributed by atoms with E-state index in [1.54, 1.807) is 24.3 Å². The van der Waals surface area contributed by atoms with Gasteiger partial charge in [0.1, 0.15) is 0 Å². The first-order valence-corrected chi connectivity index (χ1v) is 14.0. The molecule has 4 nitrogen and oxygen atoms in total. The van der Waals surface area contributed by atoms with Gasteiger partial charge in [0.15, 0.2) is 0 Å². The molecule has 38 heavy (non-hydrogen) atoms. The van der Waals surface area contributed by atoms with Crippen LogP contribution in [-0.4, -0.2) is 54.7 Å². The molecule has 0 bridgehead atoms. The Bertz CT molecular complexity index is 1160. The molecule has 0 aliphatic carbocycles. The van der Waals surface area contributed by atoms with Crippen molar-refractivity contribution in [1.82, 2.24) is 4.90 Å². The molecule has 4 rings (SSSR count). The van der Waals surface area contributed by atoms with Gasteiger partial charge in [0.25, 0.3) is 0 Å². The lowest BCUT2D eigenvalue weighted by Gasteiger charge is -2.25. The highest BCUT2D eigenvalue weighted by Gasteiger charge is 2.46. The van der Waals surface area contributed by atoms with Crippen molar-refractivity contribution in [1.29, 1.82) is 0 Å². The normalized spacial score (nSPS) is 17.7. The Morgan fingerprint density at radius 3 is 2.34 bits per heavy atom. The van der Waals surface area contributed by atoms with Crippen molar-refractivity contribution < 1.29 is 35.9 Å². The number of morpholine rings is 1. The maximum atomic E-state index is 14.2. The van der Waals surface area contributed by atoms with Crippen LogP contribution < -0.4 is 5.32 Å². The van der Waals surface area contributed by atoms with E-state index in [4.69, 9.17) is 4.74 Å². The van der Waals surface area contributed by atoms with Gasteiger partial charge in [0.05, 0.1) is 24.3 Å². The lowest BCUT2D eigenvalue weighted by molar-refractivity contribution is -0.163. The summed E-state index contributed by atoms with van der Waals surface area (Å²) in [6.07, 6.45) is -6.98. The third-order valence-corrected chi connectivity index (χ3v) is 8.25. The highest BCUT2D eigenvalue weighted by molar-refractivity contribution is 7.99. The Balaban J connectivity index is 1.66. The van der Waals surface area contributed by atoms with Crippen molar-refractivity contribution in [2.75, 3.05) is 43.1 Å². The Hall–Kier alpha value is -2.31. The molecule has 1 amide bonds. The van der Waals surface area contributed by atoms with E-state index in [-0.39, 0.29) is 32.3 Å². The third kappa shape index (κ3) is 7.41. The Morgan fingerprint density at radius 1 is 1.00 bits per heavy atom. The van der Waals surface area contributed by atoms with Crippen LogP contribution in [0.4, 0.5) is 32.0 Å². The second-order valence-electron chi connectivity index (χ2n) is 8.83. The smallest absolute Gasteiger partial charge is 0.382 e. The van der Waals surface area contributed by atoms with Crippen LogP contribution in [0.25, 0.3) is 6.08 Å². The maximum Gasteiger partial charge on any atom is 0.418 e. The number of carbonyl (C=O) groups is 1. The van der Waals surface area contributed by atoms with E-state index in [1.165, 1.54) is 4.90 Å². The number of thioether (sulfide) groups is 1. The van der Waals surface area contributed by atoms with Gasteiger partial charge < -0.3 is 15.0 Å². The van der Waals surface area contributed by atoms with Gasteiger partial charge in [-0.2, -0.15) is 38.1 Å². The van der Waals surface area contributed by atoms with Crippen molar-refractivity contribution in [3.8, 4) is 0 Å². The summed E-state index contributed by atoms with van der Waals surface area (Å²) in [7, 11) is 0. The van der Waals surface area contributed by atoms with Gasteiger partial charge in [-0.1, -0.05) is 23.9 Å². The predicted octanol–water partition coefficient (Wildman–Crippen LogP) is 7.05. The summed E-state index contributed by atoms with van der Waals surface area (Å²) in [5, 5.41) is 3.37. The van der Waals surface area contributed by atoms with E-state index in [1.807, 2.05) is 11.8 Å². The fraction of sp³-hybridized carbons (Fsp3) is 0.423. The van der Waals surface area contributed by atoms with E-state index < -0.39 is 39.8 Å². The molecule has 2 aliphatic rings. The first kappa shape index (κ1) is 28.7. The van der Waals surface area contributed by atoms with Crippen molar-refractivity contribution in [3.63, 3.8) is 0 Å². The number of ether oxygens (including phenoxy) is 1. The average Bonchev–Trinajstić information content (AvgIpc) is 2.87. The Labute approximate surface area is 225 Å². The highest BCUT2D eigenvalue weighted by atomic mass is 32.2. The number of carbonyl (C=O) groups excluding carboxylic acids is 1. The number of amides is 1. The number of alkyl halides is 6. The molecular formula is C26H26F6N2O2S2. The van der Waals surface area contributed by atoms with Crippen LogP contribution >= 0.6 is 23.5 Å². The van der Waals surface area contributed by atoms with Crippen LogP contribution in [0, 0.1) is 0 Å². The summed E-state index contributed by atoms with van der Waals surface area (Å²) in [6.45, 7) is 1.08. The minimum Gasteiger partial charge on any atom is -0.382 e. The van der Waals surface area contributed by atoms with Crippen LogP contribution in [0.15, 0.2) is 52.3 Å². The number of benzene rings is 2. The standard InChI is InChI=1S/C26H26F6N2O2S2/c27-25(28,29)23-17(5-7-22(35)34-10-12-36-13-11-34)4-6-21(24(23)26(30,31)32)38-20-3-1-2-19(16-20)33-18-8-14-37-15-9-18/h1-7,16,18,33H,8-15H2/b7-5+. The van der Waals surface area contributed by atoms with Gasteiger partial charge in [-0.15, -0.1) is 0 Å². The van der Waals surface area contributed by atoms with Gasteiger partial charge in [-0.3, -0.25) is 4.79 Å². The average molecular weight is 577 g/mol. The minimum absolute atomic E-state index is 0.241. The van der Waals surface area contributed by atoms with E-state index in [9.17, 15) is 31.1 Å². The molecule has 12 heteroatoms. The van der Waals surface area contributed by atoms with E-state index in [0.717, 1.165) is 48.6 Å². The van der Waals surface area contributed by atoms with Gasteiger partial charge in [-0.25, -0.2) is 0 Å². The lowest BCUT2D eigenvalue weighted by Crippen LogP contribution is -2.39. The molecule has 2 saturated heterocycles. The van der Waals surface area contributed by atoms with Gasteiger partial charge >= 0.3 is 12.4 Å². The number of hydrogen-bond acceptors (Lipinski definition) is 5. The predicted molar refractivity (Wildman–Crippen MR) is 137 cm³/mol. The number of rotatable bonds is 6. The number of halogens is 6. The first-order chi connectivity index (χ1) is 18.0. The Morgan fingerprint density at radius 2 is 1.68 bits per heavy atom. The zero-order chi connectivity index (χ0) is 27.3. The molecule has 0 aromatic heterocycles. The number of nitrogens with one attached hydrogen (secondary N) is 1. The molecule has 2 aliphatic heterocycles. The topological polar surface area (TPSA) is 41.6 Å². The van der Waals surface area contributed by atoms with Crippen LogP contribution in [0.2, 0.25) is 0 Å². The zero-order valence-corrected chi connectivity index (χ0v) is 21.8.